The van der Waals surface area contributed by atoms with E-state index in [1.165, 1.54) is 19.3 Å². The Bertz CT molecular complexity index is 221. The summed E-state index contributed by atoms with van der Waals surface area (Å²) in [7, 11) is 0. The lowest BCUT2D eigenvalue weighted by molar-refractivity contribution is -0.0192. The second kappa shape index (κ2) is 3.62. The van der Waals surface area contributed by atoms with Gasteiger partial charge in [0.25, 0.3) is 0 Å². The van der Waals surface area contributed by atoms with Crippen LogP contribution < -0.4 is 5.32 Å². The van der Waals surface area contributed by atoms with Gasteiger partial charge in [0.05, 0.1) is 0 Å². The van der Waals surface area contributed by atoms with E-state index in [9.17, 15) is 0 Å². The van der Waals surface area contributed by atoms with Gasteiger partial charge in [-0.05, 0) is 69.2 Å². The lowest BCUT2D eigenvalue weighted by Gasteiger charge is -2.57. The molecule has 4 saturated carbocycles. The maximum absolute atomic E-state index is 3.86. The minimum absolute atomic E-state index is 0.553. The summed E-state index contributed by atoms with van der Waals surface area (Å²) in [6.45, 7) is 4.95. The van der Waals surface area contributed by atoms with Crippen molar-refractivity contribution in [3.63, 3.8) is 0 Å². The molecule has 15 heavy (non-hydrogen) atoms. The van der Waals surface area contributed by atoms with Gasteiger partial charge in [-0.1, -0.05) is 6.08 Å². The maximum atomic E-state index is 3.86. The van der Waals surface area contributed by atoms with Crippen LogP contribution in [0.2, 0.25) is 0 Å². The number of hydrogen-bond donors (Lipinski definition) is 1. The highest BCUT2D eigenvalue weighted by atomic mass is 15.0. The molecule has 1 N–H and O–H groups in total. The maximum Gasteiger partial charge on any atom is 0.0189 e. The van der Waals surface area contributed by atoms with Gasteiger partial charge in [0.15, 0.2) is 0 Å². The fourth-order valence-corrected chi connectivity index (χ4v) is 4.77. The Morgan fingerprint density at radius 2 is 1.60 bits per heavy atom. The van der Waals surface area contributed by atoms with Crippen molar-refractivity contribution in [2.45, 2.75) is 50.5 Å². The molecule has 0 radical (unpaired) electrons. The van der Waals surface area contributed by atoms with E-state index in [-0.39, 0.29) is 0 Å². The summed E-state index contributed by atoms with van der Waals surface area (Å²) in [5, 5.41) is 3.86. The van der Waals surface area contributed by atoms with Crippen molar-refractivity contribution in [2.24, 2.45) is 17.8 Å². The van der Waals surface area contributed by atoms with Gasteiger partial charge in [-0.25, -0.2) is 0 Å². The highest BCUT2D eigenvalue weighted by Gasteiger charge is 2.50. The van der Waals surface area contributed by atoms with Crippen molar-refractivity contribution < 1.29 is 0 Å². The lowest BCUT2D eigenvalue weighted by Crippen LogP contribution is -2.58. The number of nitrogens with one attached hydrogen (secondary N) is 1. The first-order valence-electron chi connectivity index (χ1n) is 6.65. The molecular formula is C14H23N. The van der Waals surface area contributed by atoms with Crippen LogP contribution in [-0.2, 0) is 0 Å². The Hall–Kier alpha value is -0.300. The molecule has 0 saturated heterocycles. The molecule has 84 valence electrons. The molecule has 0 aliphatic heterocycles. The van der Waals surface area contributed by atoms with E-state index in [0.29, 0.717) is 5.54 Å². The van der Waals surface area contributed by atoms with Gasteiger partial charge >= 0.3 is 0 Å². The Labute approximate surface area is 93.3 Å². The molecule has 0 atom stereocenters. The molecular weight excluding hydrogens is 182 g/mol. The van der Waals surface area contributed by atoms with Crippen LogP contribution in [0.5, 0.6) is 0 Å². The SMILES string of the molecule is C=CCCNC12CC3CC(CC(C3)C1)C2. The van der Waals surface area contributed by atoms with Crippen molar-refractivity contribution >= 4 is 0 Å². The van der Waals surface area contributed by atoms with Crippen LogP contribution in [0.15, 0.2) is 12.7 Å². The van der Waals surface area contributed by atoms with Crippen molar-refractivity contribution in [1.82, 2.24) is 5.32 Å². The first-order valence-corrected chi connectivity index (χ1v) is 6.65. The fraction of sp³-hybridized carbons (Fsp3) is 0.857. The van der Waals surface area contributed by atoms with E-state index in [1.807, 2.05) is 6.08 Å². The van der Waals surface area contributed by atoms with E-state index < -0.39 is 0 Å². The monoisotopic (exact) mass is 205 g/mol. The van der Waals surface area contributed by atoms with E-state index >= 15 is 0 Å². The molecule has 4 rings (SSSR count). The molecule has 0 aromatic heterocycles. The van der Waals surface area contributed by atoms with Gasteiger partial charge in [0, 0.05) is 5.54 Å². The van der Waals surface area contributed by atoms with Gasteiger partial charge in [-0.2, -0.15) is 0 Å². The van der Waals surface area contributed by atoms with Crippen molar-refractivity contribution in [3.05, 3.63) is 12.7 Å². The van der Waals surface area contributed by atoms with Gasteiger partial charge in [0.1, 0.15) is 0 Å². The molecule has 1 heteroatoms. The molecule has 0 spiro atoms. The predicted molar refractivity (Wildman–Crippen MR) is 63.7 cm³/mol. The van der Waals surface area contributed by atoms with Crippen molar-refractivity contribution in [1.29, 1.82) is 0 Å². The fourth-order valence-electron chi connectivity index (χ4n) is 4.77. The zero-order valence-electron chi connectivity index (χ0n) is 9.67. The van der Waals surface area contributed by atoms with E-state index in [2.05, 4.69) is 11.9 Å². The summed E-state index contributed by atoms with van der Waals surface area (Å²) in [5.74, 6) is 3.19. The highest BCUT2D eigenvalue weighted by molar-refractivity contribution is 5.06. The summed E-state index contributed by atoms with van der Waals surface area (Å²) in [4.78, 5) is 0. The third-order valence-corrected chi connectivity index (χ3v) is 4.89. The number of rotatable bonds is 4. The standard InChI is InChI=1S/C14H23N/c1-2-3-4-15-14-8-11-5-12(9-14)7-13(6-11)10-14/h2,11-13,15H,1,3-10H2. The van der Waals surface area contributed by atoms with Crippen molar-refractivity contribution in [3.8, 4) is 0 Å². The van der Waals surface area contributed by atoms with E-state index in [0.717, 1.165) is 30.7 Å². The third kappa shape index (κ3) is 1.75. The summed E-state index contributed by atoms with van der Waals surface area (Å²) in [6, 6.07) is 0. The molecule has 1 nitrogen and oxygen atoms in total. The molecule has 4 fully saturated rings. The van der Waals surface area contributed by atoms with Crippen LogP contribution in [0, 0.1) is 17.8 Å². The Morgan fingerprint density at radius 3 is 2.07 bits per heavy atom. The molecule has 4 bridgehead atoms. The van der Waals surface area contributed by atoms with Crippen molar-refractivity contribution in [2.75, 3.05) is 6.54 Å². The molecule has 0 aromatic carbocycles. The Morgan fingerprint density at radius 1 is 1.07 bits per heavy atom. The Kier molecular flexibility index (Phi) is 2.39. The van der Waals surface area contributed by atoms with E-state index in [1.54, 1.807) is 19.3 Å². The Balaban J connectivity index is 1.67. The van der Waals surface area contributed by atoms with Gasteiger partial charge in [0.2, 0.25) is 0 Å². The van der Waals surface area contributed by atoms with Crippen LogP contribution >= 0.6 is 0 Å². The highest BCUT2D eigenvalue weighted by Crippen LogP contribution is 2.55. The summed E-state index contributed by atoms with van der Waals surface area (Å²) >= 11 is 0. The average molecular weight is 205 g/mol. The zero-order valence-corrected chi connectivity index (χ0v) is 9.67. The molecule has 0 unspecified atom stereocenters. The van der Waals surface area contributed by atoms with Gasteiger partial charge < -0.3 is 5.32 Å². The average Bonchev–Trinajstić information content (AvgIpc) is 2.15. The largest absolute Gasteiger partial charge is 0.311 e. The second-order valence-corrected chi connectivity index (χ2v) is 6.20. The smallest absolute Gasteiger partial charge is 0.0189 e. The quantitative estimate of drug-likeness (QED) is 0.549. The molecule has 0 aromatic rings. The molecule has 4 aliphatic rings. The molecule has 0 amide bonds. The minimum Gasteiger partial charge on any atom is -0.311 e. The zero-order chi connectivity index (χ0) is 10.3. The van der Waals surface area contributed by atoms with Gasteiger partial charge in [-0.3, -0.25) is 0 Å². The van der Waals surface area contributed by atoms with Crippen LogP contribution in [0.25, 0.3) is 0 Å². The molecule has 4 aliphatic carbocycles. The van der Waals surface area contributed by atoms with Crippen LogP contribution in [0.4, 0.5) is 0 Å². The number of hydrogen-bond acceptors (Lipinski definition) is 1. The van der Waals surface area contributed by atoms with Crippen LogP contribution in [0.1, 0.15) is 44.9 Å². The third-order valence-electron chi connectivity index (χ3n) is 4.89. The van der Waals surface area contributed by atoms with Crippen LogP contribution in [-0.4, -0.2) is 12.1 Å². The first-order chi connectivity index (χ1) is 7.30. The topological polar surface area (TPSA) is 12.0 Å². The second-order valence-electron chi connectivity index (χ2n) is 6.20. The lowest BCUT2D eigenvalue weighted by atomic mass is 9.53. The van der Waals surface area contributed by atoms with E-state index in [4.69, 9.17) is 0 Å². The van der Waals surface area contributed by atoms with Crippen LogP contribution in [0.3, 0.4) is 0 Å². The summed E-state index contributed by atoms with van der Waals surface area (Å²) < 4.78 is 0. The summed E-state index contributed by atoms with van der Waals surface area (Å²) in [6.07, 6.45) is 12.2. The first kappa shape index (κ1) is 9.89. The van der Waals surface area contributed by atoms with Gasteiger partial charge in [-0.15, -0.1) is 6.58 Å². The minimum atomic E-state index is 0.553. The normalized spacial score (nSPS) is 47.1. The predicted octanol–water partition coefficient (Wildman–Crippen LogP) is 3.12. The summed E-state index contributed by atoms with van der Waals surface area (Å²) in [5.41, 5.74) is 0.553. The molecule has 0 heterocycles.